The summed E-state index contributed by atoms with van der Waals surface area (Å²) in [6, 6.07) is 45.7. The van der Waals surface area contributed by atoms with E-state index in [2.05, 4.69) is 56.2 Å². The van der Waals surface area contributed by atoms with Crippen molar-refractivity contribution in [3.63, 3.8) is 0 Å². The molecule has 0 aliphatic carbocycles. The quantitative estimate of drug-likeness (QED) is 0.0205. The molecule has 0 spiro atoms. The molecule has 570 valence electrons. The molecular weight excluding hydrogens is 1610 g/mol. The van der Waals surface area contributed by atoms with E-state index in [-0.39, 0.29) is 63.4 Å². The molecule has 27 nitrogen and oxygen atoms in total. The van der Waals surface area contributed by atoms with Crippen LogP contribution in [0.3, 0.4) is 0 Å². The summed E-state index contributed by atoms with van der Waals surface area (Å²) >= 11 is 24.1. The number of anilines is 1. The lowest BCUT2D eigenvalue weighted by atomic mass is 9.77. The molecule has 1 amide bonds. The molecule has 6 N–H and O–H groups in total. The minimum Gasteiger partial charge on any atom is -0.423 e. The lowest BCUT2D eigenvalue weighted by Crippen LogP contribution is -2.41. The Morgan fingerprint density at radius 1 is 0.523 bits per heavy atom. The van der Waals surface area contributed by atoms with Gasteiger partial charge in [0, 0.05) is 85.9 Å². The largest absolute Gasteiger partial charge is 0.501 e. The van der Waals surface area contributed by atoms with Gasteiger partial charge >= 0.3 is 27.5 Å². The number of aliphatic hydroxyl groups is 1. The zero-order valence-electron chi connectivity index (χ0n) is 60.5. The maximum absolute atomic E-state index is 12.2. The van der Waals surface area contributed by atoms with Crippen LogP contribution in [0.4, 0.5) is 34.1 Å². The van der Waals surface area contributed by atoms with Gasteiger partial charge in [0.05, 0.1) is 56.7 Å². The molecule has 9 aromatic rings. The van der Waals surface area contributed by atoms with Gasteiger partial charge in [-0.15, -0.1) is 0 Å². The normalized spacial score (nSPS) is 12.2. The average Bonchev–Trinajstić information content (AvgIpc) is 1.62. The number of carbonyl (C=O) groups is 2. The van der Waals surface area contributed by atoms with Crippen LogP contribution < -0.4 is 21.7 Å². The van der Waals surface area contributed by atoms with Crippen molar-refractivity contribution in [2.24, 2.45) is 0 Å². The van der Waals surface area contributed by atoms with E-state index in [0.29, 0.717) is 47.8 Å². The summed E-state index contributed by atoms with van der Waals surface area (Å²) in [6.45, 7) is 19.9. The van der Waals surface area contributed by atoms with Crippen LogP contribution in [0.15, 0.2) is 168 Å². The average molecular weight is 1680 g/mol. The summed E-state index contributed by atoms with van der Waals surface area (Å²) in [4.78, 5) is 91.3. The molecule has 1 fully saturated rings. The lowest BCUT2D eigenvalue weighted by Gasteiger charge is -2.32. The SMILES string of the molecule is Cc1cc(Cl)ccc1CBr.Cc1ccc(B(O)O)c([N+](=O)[O-])c1.Cc1ccc(B(O)O)c([N+](=O)[O-])c1.Cc1ccc(B2OC(C)(C)C(C)(C)O2)c([N+](=O)[O-])c1.Cc1ccc(Br)c([N+](=O)[O-])c1.Cc1ccc(Cc2ccc(Cl)cc2C(=O)CO)c([N+](=O)[O-])c1.Cc1ccc2c(c1)NC(=O)c1cc(Cl)ccc1C2.O=C=O. The maximum atomic E-state index is 12.2. The second-order valence-corrected chi connectivity index (χ2v) is 28.1. The first-order chi connectivity index (χ1) is 51.0. The molecule has 2 heterocycles. The highest BCUT2D eigenvalue weighted by atomic mass is 79.9. The number of aliphatic hydroxyl groups excluding tert-OH is 1. The van der Waals surface area contributed by atoms with Gasteiger partial charge < -0.3 is 39.8 Å². The fraction of sp³-hybridized carbons (Fsp3) is 0.230. The number of hydrogen-bond acceptors (Lipinski definition) is 21. The van der Waals surface area contributed by atoms with E-state index in [0.717, 1.165) is 55.8 Å². The van der Waals surface area contributed by atoms with E-state index in [4.69, 9.17) is 78.9 Å². The molecule has 2 aliphatic rings. The zero-order chi connectivity index (χ0) is 82.1. The third kappa shape index (κ3) is 27.4. The van der Waals surface area contributed by atoms with Crippen molar-refractivity contribution >= 4 is 156 Å². The highest BCUT2D eigenvalue weighted by molar-refractivity contribution is 9.10. The van der Waals surface area contributed by atoms with Crippen molar-refractivity contribution in [2.45, 2.75) is 106 Å². The van der Waals surface area contributed by atoms with Gasteiger partial charge in [-0.1, -0.05) is 136 Å². The Morgan fingerprint density at radius 3 is 1.37 bits per heavy atom. The summed E-state index contributed by atoms with van der Waals surface area (Å²) in [5.41, 5.74) is 11.6. The molecule has 0 radical (unpaired) electrons. The van der Waals surface area contributed by atoms with Crippen LogP contribution in [0.1, 0.15) is 115 Å². The Kier molecular flexibility index (Phi) is 35.5. The van der Waals surface area contributed by atoms with Crippen molar-refractivity contribution in [1.82, 2.24) is 0 Å². The lowest BCUT2D eigenvalue weighted by molar-refractivity contribution is -0.385. The van der Waals surface area contributed by atoms with E-state index in [1.807, 2.05) is 97.0 Å². The molecular formula is C74H74B3Br2Cl3N6O21. The summed E-state index contributed by atoms with van der Waals surface area (Å²) in [5.74, 6) is -0.552. The number of nitro benzene ring substituents is 5. The van der Waals surface area contributed by atoms with Crippen molar-refractivity contribution in [1.29, 1.82) is 0 Å². The van der Waals surface area contributed by atoms with E-state index in [1.54, 1.807) is 81.4 Å². The number of nitrogens with zero attached hydrogens (tertiary/aromatic N) is 5. The Morgan fingerprint density at radius 2 is 0.908 bits per heavy atom. The van der Waals surface area contributed by atoms with Gasteiger partial charge in [0.25, 0.3) is 34.3 Å². The summed E-state index contributed by atoms with van der Waals surface area (Å²) < 4.78 is 12.2. The number of halogens is 5. The van der Waals surface area contributed by atoms with Crippen LogP contribution in [0.2, 0.25) is 15.1 Å². The summed E-state index contributed by atoms with van der Waals surface area (Å²) in [7, 11) is -4.31. The first-order valence-electron chi connectivity index (χ1n) is 32.4. The Hall–Kier alpha value is -9.76. The number of nitrogens with one attached hydrogen (secondary N) is 1. The number of nitro groups is 5. The number of Topliss-reactive ketones (excluding diaryl/α,β-unsaturated/α-hetero) is 1. The third-order valence-corrected chi connectivity index (χ3v) is 18.5. The van der Waals surface area contributed by atoms with Crippen LogP contribution in [0, 0.1) is 99.0 Å². The van der Waals surface area contributed by atoms with Crippen molar-refractivity contribution in [3.05, 3.63) is 312 Å². The first-order valence-corrected chi connectivity index (χ1v) is 35.4. The molecule has 9 aromatic carbocycles. The third-order valence-electron chi connectivity index (χ3n) is 16.5. The Balaban J connectivity index is 0.000000271. The number of carbonyl (C=O) groups excluding carboxylic acids is 4. The molecule has 1 saturated heterocycles. The number of ketones is 1. The molecule has 0 unspecified atom stereocenters. The highest BCUT2D eigenvalue weighted by Gasteiger charge is 2.53. The molecule has 0 bridgehead atoms. The van der Waals surface area contributed by atoms with Gasteiger partial charge in [-0.05, 0) is 202 Å². The minimum absolute atomic E-state index is 0.0114. The standard InChI is InChI=1S/C16H14ClNO4.C15H12ClNO.C13H18BNO4.C8H8BrCl.2C7H8BNO4.C7H6BrNO2.CO2/c1-10-2-3-12(15(6-10)18(21)22)7-11-4-5-13(17)8-14(11)16(20)9-19;1-9-2-3-11-7-10-4-5-12(16)8-13(10)15(18)17-14(11)6-9;1-9-6-7-10(11(8-9)15(16)17)14-18-12(2,3)13(4,5)19-14;1-6-4-8(10)3-2-7(6)5-9;2*1-5-2-3-6(8(10)11)7(4-5)9(12)13;1-5-2-3-6(8)7(4-5)9(10)11;2-1-3/h2-6,8,19H,7,9H2,1H3;2-6,8H,7H2,1H3,(H,17,18);6-8H,1-5H3;2-4H,5H2,1H3;2*2-4,10-11H,1H3;2-4H,1H3;. The fourth-order valence-electron chi connectivity index (χ4n) is 10.1. The van der Waals surface area contributed by atoms with Crippen LogP contribution >= 0.6 is 66.7 Å². The fourth-order valence-corrected chi connectivity index (χ4v) is 11.7. The Bertz CT molecular complexity index is 4780. The minimum atomic E-state index is -1.80. The number of benzene rings is 9. The molecule has 0 saturated carbocycles. The predicted octanol–water partition coefficient (Wildman–Crippen LogP) is 14.1. The number of rotatable bonds is 13. The van der Waals surface area contributed by atoms with Crippen molar-refractivity contribution in [2.75, 3.05) is 11.9 Å². The monoisotopic (exact) mass is 1680 g/mol. The number of aryl methyl sites for hydroxylation is 7. The van der Waals surface area contributed by atoms with Gasteiger partial charge in [0.1, 0.15) is 6.61 Å². The van der Waals surface area contributed by atoms with Gasteiger partial charge in [0.15, 0.2) is 5.78 Å². The van der Waals surface area contributed by atoms with Gasteiger partial charge in [-0.25, -0.2) is 0 Å². The smallest absolute Gasteiger partial charge is 0.423 e. The van der Waals surface area contributed by atoms with Crippen LogP contribution in [0.25, 0.3) is 0 Å². The van der Waals surface area contributed by atoms with E-state index in [9.17, 15) is 60.2 Å². The van der Waals surface area contributed by atoms with Gasteiger partial charge in [-0.2, -0.15) is 9.59 Å². The van der Waals surface area contributed by atoms with Gasteiger partial charge in [-0.3, -0.25) is 60.2 Å². The van der Waals surface area contributed by atoms with Crippen molar-refractivity contribution < 1.29 is 78.3 Å². The molecule has 35 heteroatoms. The molecule has 0 aromatic heterocycles. The number of hydrogen-bond donors (Lipinski definition) is 6. The number of alkyl halides is 1. The van der Waals surface area contributed by atoms with Crippen molar-refractivity contribution in [3.8, 4) is 0 Å². The second kappa shape index (κ2) is 42.3. The van der Waals surface area contributed by atoms with Crippen LogP contribution in [-0.4, -0.2) is 107 Å². The Labute approximate surface area is 659 Å². The molecule has 11 rings (SSSR count). The van der Waals surface area contributed by atoms with Crippen LogP contribution in [-0.2, 0) is 37.1 Å². The van der Waals surface area contributed by atoms with E-state index in [1.165, 1.54) is 53.6 Å². The van der Waals surface area contributed by atoms with E-state index < -0.39 is 69.6 Å². The second-order valence-electron chi connectivity index (χ2n) is 25.3. The molecule has 2 aliphatic heterocycles. The van der Waals surface area contributed by atoms with E-state index >= 15 is 0 Å². The first kappa shape index (κ1) is 91.6. The number of amides is 1. The molecule has 0 atom stereocenters. The summed E-state index contributed by atoms with van der Waals surface area (Å²) in [5, 5.41) is 103. The van der Waals surface area contributed by atoms with Gasteiger partial charge in [0.2, 0.25) is 0 Å². The molecule has 109 heavy (non-hydrogen) atoms. The topological polar surface area (TPSA) is 416 Å². The summed E-state index contributed by atoms with van der Waals surface area (Å²) in [6.07, 6.45) is 1.22. The maximum Gasteiger partial charge on any atom is 0.501 e. The highest BCUT2D eigenvalue weighted by Crippen LogP contribution is 2.38. The predicted molar refractivity (Wildman–Crippen MR) is 425 cm³/mol. The number of fused-ring (bicyclic) bond motifs is 2. The van der Waals surface area contributed by atoms with Crippen LogP contribution in [0.5, 0.6) is 0 Å². The zero-order valence-corrected chi connectivity index (χ0v) is 66.0.